The molecule has 1 N–H and O–H groups in total. The van der Waals surface area contributed by atoms with Crippen LogP contribution in [0.25, 0.3) is 0 Å². The first-order chi connectivity index (χ1) is 12.1. The van der Waals surface area contributed by atoms with E-state index in [4.69, 9.17) is 0 Å². The van der Waals surface area contributed by atoms with Gasteiger partial charge in [-0.15, -0.1) is 11.8 Å². The lowest BCUT2D eigenvalue weighted by atomic mass is 10.1. The van der Waals surface area contributed by atoms with Gasteiger partial charge in [-0.2, -0.15) is 8.78 Å². The van der Waals surface area contributed by atoms with E-state index in [9.17, 15) is 22.0 Å². The molecule has 0 aromatic heterocycles. The molecule has 0 radical (unpaired) electrons. The molecule has 2 aromatic rings. The zero-order valence-electron chi connectivity index (χ0n) is 14.5. The third-order valence-electron chi connectivity index (χ3n) is 3.65. The summed E-state index contributed by atoms with van der Waals surface area (Å²) in [6.07, 6.45) is 0. The highest BCUT2D eigenvalue weighted by atomic mass is 32.2. The van der Waals surface area contributed by atoms with Crippen LogP contribution in [0.15, 0.2) is 46.2 Å². The molecule has 0 saturated carbocycles. The molecular weight excluding hydrogens is 380 g/mol. The van der Waals surface area contributed by atoms with E-state index in [1.807, 2.05) is 20.8 Å². The van der Waals surface area contributed by atoms with Crippen molar-refractivity contribution in [3.63, 3.8) is 0 Å². The molecule has 0 fully saturated rings. The van der Waals surface area contributed by atoms with Gasteiger partial charge in [0, 0.05) is 10.6 Å². The van der Waals surface area contributed by atoms with Crippen LogP contribution in [0.2, 0.25) is 0 Å². The molecule has 0 aliphatic heterocycles. The Hall–Kier alpha value is -1.93. The number of hydrogen-bond acceptors (Lipinski definition) is 4. The number of benzene rings is 2. The lowest BCUT2D eigenvalue weighted by Gasteiger charge is -2.11. The number of rotatable bonds is 6. The number of hydrogen-bond donors (Lipinski definition) is 1. The Bertz CT molecular complexity index is 888. The number of alkyl halides is 2. The fourth-order valence-electron chi connectivity index (χ4n) is 2.56. The summed E-state index contributed by atoms with van der Waals surface area (Å²) >= 11 is 1.41. The third kappa shape index (κ3) is 4.82. The molecule has 0 saturated heterocycles. The highest BCUT2D eigenvalue weighted by Gasteiger charge is 2.26. The molecule has 8 heteroatoms. The Labute approximate surface area is 155 Å². The molecule has 26 heavy (non-hydrogen) atoms. The molecule has 0 aliphatic carbocycles. The van der Waals surface area contributed by atoms with Crippen LogP contribution in [0.4, 0.5) is 14.5 Å². The Morgan fingerprint density at radius 2 is 1.62 bits per heavy atom. The number of carbonyl (C=O) groups excluding carboxylic acids is 1. The molecule has 140 valence electrons. The first-order valence-electron chi connectivity index (χ1n) is 7.74. The Balaban J connectivity index is 2.01. The highest BCUT2D eigenvalue weighted by Crippen LogP contribution is 2.27. The van der Waals surface area contributed by atoms with Crippen LogP contribution in [0.1, 0.15) is 16.7 Å². The average molecular weight is 399 g/mol. The second-order valence-corrected chi connectivity index (χ2v) is 8.80. The number of amides is 1. The van der Waals surface area contributed by atoms with Crippen molar-refractivity contribution in [2.45, 2.75) is 36.3 Å². The van der Waals surface area contributed by atoms with Gasteiger partial charge in [0.1, 0.15) is 0 Å². The number of carbonyl (C=O) groups is 1. The lowest BCUT2D eigenvalue weighted by Crippen LogP contribution is -2.15. The van der Waals surface area contributed by atoms with Gasteiger partial charge in [-0.25, -0.2) is 8.42 Å². The molecule has 1 amide bonds. The van der Waals surface area contributed by atoms with Crippen molar-refractivity contribution in [3.05, 3.63) is 53.1 Å². The van der Waals surface area contributed by atoms with Crippen molar-refractivity contribution in [1.29, 1.82) is 0 Å². The number of aryl methyl sites for hydroxylation is 3. The van der Waals surface area contributed by atoms with Crippen LogP contribution in [0, 0.1) is 20.8 Å². The van der Waals surface area contributed by atoms with Gasteiger partial charge in [0.15, 0.2) is 0 Å². The summed E-state index contributed by atoms with van der Waals surface area (Å²) < 4.78 is 47.7. The molecule has 0 bridgehead atoms. The SMILES string of the molecule is Cc1cc(C)c(SCC(=O)Nc2ccc(S(=O)(=O)C(F)F)cc2)c(C)c1. The summed E-state index contributed by atoms with van der Waals surface area (Å²) in [7, 11) is -4.63. The van der Waals surface area contributed by atoms with Gasteiger partial charge in [-0.3, -0.25) is 4.79 Å². The quantitative estimate of drug-likeness (QED) is 0.734. The van der Waals surface area contributed by atoms with Crippen LogP contribution >= 0.6 is 11.8 Å². The highest BCUT2D eigenvalue weighted by molar-refractivity contribution is 8.00. The second kappa shape index (κ2) is 8.18. The predicted molar refractivity (Wildman–Crippen MR) is 99.6 cm³/mol. The van der Waals surface area contributed by atoms with Crippen LogP contribution in [0.3, 0.4) is 0 Å². The maximum atomic E-state index is 12.5. The number of thioether (sulfide) groups is 1. The summed E-state index contributed by atoms with van der Waals surface area (Å²) in [6, 6.07) is 8.79. The first-order valence-corrected chi connectivity index (χ1v) is 10.3. The second-order valence-electron chi connectivity index (χ2n) is 5.89. The standard InChI is InChI=1S/C18H19F2NO3S2/c1-11-8-12(2)17(13(3)9-11)25-10-16(22)21-14-4-6-15(7-5-14)26(23,24)18(19)20/h4-9,18H,10H2,1-3H3,(H,21,22). The average Bonchev–Trinajstić information content (AvgIpc) is 2.54. The van der Waals surface area contributed by atoms with E-state index in [1.165, 1.54) is 23.9 Å². The van der Waals surface area contributed by atoms with Crippen molar-refractivity contribution >= 4 is 33.2 Å². The maximum Gasteiger partial charge on any atom is 0.341 e. The minimum atomic E-state index is -4.63. The molecular formula is C18H19F2NO3S2. The summed E-state index contributed by atoms with van der Waals surface area (Å²) in [5, 5.41) is 2.63. The van der Waals surface area contributed by atoms with Gasteiger partial charge in [0.2, 0.25) is 15.7 Å². The van der Waals surface area contributed by atoms with Crippen LogP contribution in [0.5, 0.6) is 0 Å². The minimum Gasteiger partial charge on any atom is -0.325 e. The zero-order valence-corrected chi connectivity index (χ0v) is 16.2. The van der Waals surface area contributed by atoms with Gasteiger partial charge in [-0.05, 0) is 56.2 Å². The fraction of sp³-hybridized carbons (Fsp3) is 0.278. The van der Waals surface area contributed by atoms with Gasteiger partial charge in [0.25, 0.3) is 0 Å². The molecule has 0 aliphatic rings. The van der Waals surface area contributed by atoms with Gasteiger partial charge in [-0.1, -0.05) is 17.7 Å². The van der Waals surface area contributed by atoms with Gasteiger partial charge in [0.05, 0.1) is 10.6 Å². The smallest absolute Gasteiger partial charge is 0.325 e. The summed E-state index contributed by atoms with van der Waals surface area (Å²) in [4.78, 5) is 12.7. The van der Waals surface area contributed by atoms with Crippen molar-refractivity contribution in [3.8, 4) is 0 Å². The van der Waals surface area contributed by atoms with Crippen molar-refractivity contribution in [2.75, 3.05) is 11.1 Å². The van der Waals surface area contributed by atoms with E-state index in [2.05, 4.69) is 17.4 Å². The van der Waals surface area contributed by atoms with E-state index in [0.29, 0.717) is 5.69 Å². The summed E-state index contributed by atoms with van der Waals surface area (Å²) in [5.74, 6) is -3.55. The monoisotopic (exact) mass is 399 g/mol. The van der Waals surface area contributed by atoms with E-state index >= 15 is 0 Å². The molecule has 2 rings (SSSR count). The summed E-state index contributed by atoms with van der Waals surface area (Å²) in [5.41, 5.74) is 3.71. The first kappa shape index (κ1) is 20.4. The van der Waals surface area contributed by atoms with E-state index < -0.39 is 20.5 Å². The minimum absolute atomic E-state index is 0.182. The fourth-order valence-corrected chi connectivity index (χ4v) is 4.20. The molecule has 0 unspecified atom stereocenters. The zero-order chi connectivity index (χ0) is 19.5. The molecule has 0 spiro atoms. The topological polar surface area (TPSA) is 63.2 Å². The van der Waals surface area contributed by atoms with Crippen LogP contribution in [-0.2, 0) is 14.6 Å². The lowest BCUT2D eigenvalue weighted by molar-refractivity contribution is -0.113. The molecule has 4 nitrogen and oxygen atoms in total. The Morgan fingerprint density at radius 3 is 2.12 bits per heavy atom. The van der Waals surface area contributed by atoms with Crippen molar-refractivity contribution in [2.24, 2.45) is 0 Å². The largest absolute Gasteiger partial charge is 0.341 e. The number of sulfone groups is 1. The summed E-state index contributed by atoms with van der Waals surface area (Å²) in [6.45, 7) is 5.99. The molecule has 0 heterocycles. The van der Waals surface area contributed by atoms with Gasteiger partial charge < -0.3 is 5.32 Å². The number of nitrogens with one attached hydrogen (secondary N) is 1. The van der Waals surface area contributed by atoms with Crippen LogP contribution in [-0.4, -0.2) is 25.8 Å². The molecule has 0 atom stereocenters. The Kier molecular flexibility index (Phi) is 6.41. The van der Waals surface area contributed by atoms with E-state index in [1.54, 1.807) is 0 Å². The van der Waals surface area contributed by atoms with E-state index in [-0.39, 0.29) is 11.7 Å². The number of halogens is 2. The molecule has 2 aromatic carbocycles. The van der Waals surface area contributed by atoms with E-state index in [0.717, 1.165) is 33.7 Å². The van der Waals surface area contributed by atoms with Crippen molar-refractivity contribution in [1.82, 2.24) is 0 Å². The maximum absolute atomic E-state index is 12.5. The third-order valence-corrected chi connectivity index (χ3v) is 6.39. The number of anilines is 1. The van der Waals surface area contributed by atoms with Gasteiger partial charge >= 0.3 is 5.76 Å². The van der Waals surface area contributed by atoms with Crippen LogP contribution < -0.4 is 5.32 Å². The Morgan fingerprint density at radius 1 is 1.08 bits per heavy atom. The predicted octanol–water partition coefficient (Wildman–Crippen LogP) is 4.34. The normalized spacial score (nSPS) is 11.6. The van der Waals surface area contributed by atoms with Crippen molar-refractivity contribution < 1.29 is 22.0 Å².